The van der Waals surface area contributed by atoms with Crippen LogP contribution in [0.3, 0.4) is 0 Å². The molecule has 8 nitrogen and oxygen atoms in total. The van der Waals surface area contributed by atoms with Gasteiger partial charge in [0, 0.05) is 25.7 Å². The molecule has 109 heavy (non-hydrogen) atoms. The van der Waals surface area contributed by atoms with Crippen LogP contribution in [0.4, 0.5) is 0 Å². The van der Waals surface area contributed by atoms with E-state index in [1.165, 1.54) is 360 Å². The minimum Gasteiger partial charge on any atom is -0.789 e. The fourth-order valence-corrected chi connectivity index (χ4v) is 12.7. The summed E-state index contributed by atoms with van der Waals surface area (Å²) in [4.78, 5) is 45.2. The molecule has 15 heteroatoms. The van der Waals surface area contributed by atoms with Gasteiger partial charge in [0.2, 0.25) is 0 Å². The molecule has 0 aromatic heterocycles. The summed E-state index contributed by atoms with van der Waals surface area (Å²) in [5.74, 6) is 1.64. The number of allylic oxidation sites excluding steroid dienone is 8. The number of carbonyl (C=O) groups is 4. The molecule has 0 saturated heterocycles. The Hall–Kier alpha value is 0.187. The van der Waals surface area contributed by atoms with Crippen molar-refractivity contribution in [3.05, 3.63) is 48.6 Å². The van der Waals surface area contributed by atoms with Crippen LogP contribution in [0.25, 0.3) is 0 Å². The van der Waals surface area contributed by atoms with E-state index in [1.807, 2.05) is 0 Å². The van der Waals surface area contributed by atoms with Crippen LogP contribution >= 0.6 is 13.5 Å². The summed E-state index contributed by atoms with van der Waals surface area (Å²) in [7, 11) is 0. The van der Waals surface area contributed by atoms with E-state index in [-0.39, 0.29) is 100 Å². The van der Waals surface area contributed by atoms with Crippen LogP contribution in [-0.2, 0) is 88.6 Å². The molecule has 0 aliphatic heterocycles. The molecule has 0 fully saturated rings. The number of carbonyl (C=O) groups excluding carboxylic acids is 4. The number of hydrogen-bond acceptors (Lipinski definition) is 12. The second kappa shape index (κ2) is 124. The van der Waals surface area contributed by atoms with Gasteiger partial charge in [0.25, 0.3) is 0 Å². The van der Waals surface area contributed by atoms with Crippen molar-refractivity contribution in [2.24, 2.45) is 0 Å². The molecule has 0 unspecified atom stereocenters. The van der Waals surface area contributed by atoms with Crippen molar-refractivity contribution in [1.82, 2.24) is 0 Å². The first-order chi connectivity index (χ1) is 51.2. The Morgan fingerprint density at radius 1 is 0.202 bits per heavy atom. The quantitative estimate of drug-likeness (QED) is 0.0145. The third-order valence-corrected chi connectivity index (χ3v) is 19.6. The van der Waals surface area contributed by atoms with E-state index in [0.717, 1.165) is 51.4 Å². The van der Waals surface area contributed by atoms with E-state index >= 15 is 0 Å². The molecule has 4 radical (unpaired) electrons. The molecular weight excluding hydrogens is 1650 g/mol. The van der Waals surface area contributed by atoms with Crippen molar-refractivity contribution in [1.29, 1.82) is 0 Å². The number of esters is 4. The topological polar surface area (TPSA) is 105 Å². The summed E-state index contributed by atoms with van der Waals surface area (Å²) in [6, 6.07) is 0. The second-order valence-corrected chi connectivity index (χ2v) is 30.9. The van der Waals surface area contributed by atoms with Gasteiger partial charge in [0.05, 0.1) is 26.4 Å². The largest absolute Gasteiger partial charge is 2.00 e. The molecule has 0 aliphatic rings. The van der Waals surface area contributed by atoms with E-state index in [1.54, 1.807) is 0 Å². The van der Waals surface area contributed by atoms with Crippen molar-refractivity contribution in [3.63, 3.8) is 0 Å². The Morgan fingerprint density at radius 3 is 0.431 bits per heavy atom. The smallest absolute Gasteiger partial charge is 0.789 e. The van der Waals surface area contributed by atoms with E-state index in [9.17, 15) is 19.2 Å². The standard InChI is InChI=1S/4C23H44O2S.2CH4.H2S.2Sn/c4*1-2-3-4-5-6-7-8-9-10-11-12-13-14-15-16-17-18-19-20-23(24)25-21-22-26;;;;;/h4*12-13,26H,2-11,14-22H2,1H3;2*1H4;1H2;;/q;;;;;;;2*+2/p-4/b4*13-12+;;;;;. The summed E-state index contributed by atoms with van der Waals surface area (Å²) < 4.78 is 19.9. The Labute approximate surface area is 744 Å². The van der Waals surface area contributed by atoms with Crippen molar-refractivity contribution < 1.29 is 38.1 Å². The van der Waals surface area contributed by atoms with Gasteiger partial charge in [-0.05, 0) is 128 Å². The van der Waals surface area contributed by atoms with E-state index in [0.29, 0.717) is 75.1 Å². The third-order valence-electron chi connectivity index (χ3n) is 19.0. The van der Waals surface area contributed by atoms with Gasteiger partial charge in [-0.25, -0.2) is 0 Å². The predicted molar refractivity (Wildman–Crippen MR) is 501 cm³/mol. The maximum absolute atomic E-state index is 11.3. The normalized spacial score (nSPS) is 10.8. The minimum absolute atomic E-state index is 0. The Bertz CT molecular complexity index is 1530. The average molecular weight is 1840 g/mol. The van der Waals surface area contributed by atoms with Crippen LogP contribution < -0.4 is 0 Å². The zero-order valence-corrected chi connectivity index (χ0v) is 80.7. The van der Waals surface area contributed by atoms with Crippen molar-refractivity contribution >= 4 is 136 Å². The first-order valence-electron chi connectivity index (χ1n) is 44.8. The van der Waals surface area contributed by atoms with Gasteiger partial charge in [0.15, 0.2) is 0 Å². The molecule has 0 atom stereocenters. The Kier molecular flexibility index (Phi) is 145. The van der Waals surface area contributed by atoms with Gasteiger partial charge in [-0.1, -0.05) is 374 Å². The van der Waals surface area contributed by atoms with Crippen molar-refractivity contribution in [3.8, 4) is 0 Å². The fraction of sp³-hybridized carbons (Fsp3) is 0.872. The zero-order chi connectivity index (χ0) is 76.5. The van der Waals surface area contributed by atoms with Gasteiger partial charge in [-0.3, -0.25) is 19.2 Å². The fourth-order valence-electron chi connectivity index (χ4n) is 12.4. The SMILES string of the molecule is C.C.CCCCCCCCCCC/C=C/CCCCCCCC(=O)OCC[S-].CCCCCCCCCCC/C=C/CCCCCCCC(=O)OCC[S-].CCCCCCCCCCC/C=C/CCCCCCCC(=O)OCC[S-].CCCCCCCCCCC/C=C/CCCCCCCC(=O)OCC[S-].S.[Sn+2].[Sn+2]. The molecular formula is C94H182O8S5Sn2. The molecule has 0 heterocycles. The van der Waals surface area contributed by atoms with E-state index in [2.05, 4.69) is 76.3 Å². The Morgan fingerprint density at radius 2 is 0.312 bits per heavy atom. The summed E-state index contributed by atoms with van der Waals surface area (Å²) in [6.07, 6.45) is 105. The average Bonchev–Trinajstić information content (AvgIpc) is 2.78. The Balaban J connectivity index is -0.000000172. The predicted octanol–water partition coefficient (Wildman–Crippen LogP) is 29.8. The van der Waals surface area contributed by atoms with E-state index in [4.69, 9.17) is 69.5 Å². The van der Waals surface area contributed by atoms with Crippen LogP contribution in [0.5, 0.6) is 0 Å². The van der Waals surface area contributed by atoms with Gasteiger partial charge in [-0.2, -0.15) is 13.5 Å². The molecule has 0 spiro atoms. The summed E-state index contributed by atoms with van der Waals surface area (Å²) >= 11 is 19.0. The van der Waals surface area contributed by atoms with Gasteiger partial charge in [0.1, 0.15) is 0 Å². The second-order valence-electron chi connectivity index (χ2n) is 29.3. The molecule has 0 rings (SSSR count). The zero-order valence-electron chi connectivity index (χ0n) is 70.8. The summed E-state index contributed by atoms with van der Waals surface area (Å²) in [6.45, 7) is 10.7. The molecule has 0 amide bonds. The monoisotopic (exact) mass is 1840 g/mol. The summed E-state index contributed by atoms with van der Waals surface area (Å²) in [5, 5.41) is 0. The summed E-state index contributed by atoms with van der Waals surface area (Å²) in [5.41, 5.74) is 0. The third kappa shape index (κ3) is 132. The van der Waals surface area contributed by atoms with Gasteiger partial charge in [-0.15, -0.1) is 23.0 Å². The number of unbranched alkanes of at least 4 members (excludes halogenated alkanes) is 56. The van der Waals surface area contributed by atoms with E-state index < -0.39 is 0 Å². The van der Waals surface area contributed by atoms with Gasteiger partial charge < -0.3 is 69.5 Å². The van der Waals surface area contributed by atoms with Crippen molar-refractivity contribution in [2.75, 3.05) is 49.4 Å². The number of ether oxygens (including phenoxy) is 4. The first-order valence-corrected chi connectivity index (χ1v) is 47.1. The molecule has 0 aromatic carbocycles. The maximum atomic E-state index is 11.3. The van der Waals surface area contributed by atoms with Gasteiger partial charge >= 0.3 is 71.7 Å². The van der Waals surface area contributed by atoms with Crippen LogP contribution in [0.15, 0.2) is 48.6 Å². The van der Waals surface area contributed by atoms with Crippen LogP contribution in [0.1, 0.15) is 479 Å². The first kappa shape index (κ1) is 127. The molecule has 0 aromatic rings. The number of rotatable bonds is 80. The van der Waals surface area contributed by atoms with Crippen molar-refractivity contribution in [2.45, 2.75) is 479 Å². The van der Waals surface area contributed by atoms with Crippen LogP contribution in [-0.4, -0.2) is 121 Å². The molecule has 644 valence electrons. The minimum atomic E-state index is -0.0886. The van der Waals surface area contributed by atoms with Crippen LogP contribution in [0, 0.1) is 0 Å². The molecule has 0 saturated carbocycles. The van der Waals surface area contributed by atoms with Crippen LogP contribution in [0.2, 0.25) is 0 Å². The molecule has 0 bridgehead atoms. The number of hydrogen-bond donors (Lipinski definition) is 0. The molecule has 0 aliphatic carbocycles. The molecule has 0 N–H and O–H groups in total. The maximum Gasteiger partial charge on any atom is 2.00 e.